The number of likely N-dealkylation sites (tertiary alicyclic amines) is 1. The van der Waals surface area contributed by atoms with Gasteiger partial charge in [0.15, 0.2) is 0 Å². The fraction of sp³-hybridized carbons (Fsp3) is 0.556. The van der Waals surface area contributed by atoms with Gasteiger partial charge in [-0.3, -0.25) is 33.6 Å². The number of ketones is 1. The highest BCUT2D eigenvalue weighted by molar-refractivity contribution is 6.38. The number of hydrogen-bond acceptors (Lipinski definition) is 10. The van der Waals surface area contributed by atoms with Gasteiger partial charge < -0.3 is 46.7 Å². The number of hydrogen-bond donors (Lipinski definition) is 6. The number of alkyl carbamates (subject to hydrolysis) is 1. The first-order chi connectivity index (χ1) is 29.8. The van der Waals surface area contributed by atoms with Gasteiger partial charge in [-0.2, -0.15) is 0 Å². The molecule has 338 valence electrons. The van der Waals surface area contributed by atoms with Gasteiger partial charge in [-0.1, -0.05) is 107 Å². The Kier molecular flexibility index (Phi) is 19.8. The molecule has 1 heterocycles. The van der Waals surface area contributed by atoms with E-state index in [1.165, 1.54) is 4.90 Å². The van der Waals surface area contributed by atoms with Crippen molar-refractivity contribution in [2.45, 2.75) is 122 Å². The number of benzene rings is 2. The molecule has 7 amide bonds. The van der Waals surface area contributed by atoms with E-state index in [0.29, 0.717) is 18.4 Å². The monoisotopic (exact) mass is 861 g/mol. The summed E-state index contributed by atoms with van der Waals surface area (Å²) in [5.41, 5.74) is 6.79. The van der Waals surface area contributed by atoms with Gasteiger partial charge in [0.05, 0.1) is 31.9 Å². The van der Waals surface area contributed by atoms with Gasteiger partial charge in [-0.25, -0.2) is 4.79 Å². The summed E-state index contributed by atoms with van der Waals surface area (Å²) in [6, 6.07) is 12.8. The van der Waals surface area contributed by atoms with Crippen LogP contribution in [0, 0.1) is 11.8 Å². The van der Waals surface area contributed by atoms with Crippen molar-refractivity contribution in [2.75, 3.05) is 26.2 Å². The van der Waals surface area contributed by atoms with Crippen molar-refractivity contribution in [3.05, 3.63) is 71.8 Å². The van der Waals surface area contributed by atoms with Crippen LogP contribution in [0.4, 0.5) is 4.79 Å². The number of amides is 7. The second kappa shape index (κ2) is 25.2. The van der Waals surface area contributed by atoms with Gasteiger partial charge in [0.2, 0.25) is 35.3 Å². The molecule has 62 heavy (non-hydrogen) atoms. The number of carbonyl (C=O) groups is 8. The molecule has 2 aliphatic rings. The lowest BCUT2D eigenvalue weighted by Gasteiger charge is -2.29. The molecule has 0 aromatic heterocycles. The van der Waals surface area contributed by atoms with Gasteiger partial charge in [0.1, 0.15) is 18.1 Å². The number of nitrogens with two attached hydrogens (primary N) is 1. The van der Waals surface area contributed by atoms with Gasteiger partial charge in [-0.15, -0.1) is 0 Å². The molecule has 5 atom stereocenters. The number of primary amides is 1. The molecule has 1 saturated heterocycles. The molecule has 0 radical (unpaired) electrons. The second-order valence-electron chi connectivity index (χ2n) is 16.3. The minimum Gasteiger partial charge on any atom is -0.449 e. The van der Waals surface area contributed by atoms with E-state index in [4.69, 9.17) is 15.2 Å². The SMILES string of the molecule is CCCC(NC(=O)[C@@H]1C[C@@H](OCc2ccccc2)CN1C(=O)C(CCCNC(=O)C1CCCCC1)NC(=O)OCC(C)C)C(=O)C(=O)NCC(=O)N[C@H](C(N)=O)c1ccccc1. The first kappa shape index (κ1) is 48.8. The van der Waals surface area contributed by atoms with Gasteiger partial charge in [0, 0.05) is 25.4 Å². The van der Waals surface area contributed by atoms with E-state index in [-0.39, 0.29) is 63.3 Å². The fourth-order valence-corrected chi connectivity index (χ4v) is 7.52. The Hall–Kier alpha value is -5.84. The van der Waals surface area contributed by atoms with E-state index < -0.39 is 78.2 Å². The van der Waals surface area contributed by atoms with Crippen molar-refractivity contribution in [1.29, 1.82) is 0 Å². The number of ether oxygens (including phenoxy) is 2. The van der Waals surface area contributed by atoms with Gasteiger partial charge in [-0.05, 0) is 49.1 Å². The lowest BCUT2D eigenvalue weighted by Crippen LogP contribution is -2.56. The van der Waals surface area contributed by atoms with Crippen LogP contribution in [0.25, 0.3) is 0 Å². The molecule has 2 unspecified atom stereocenters. The van der Waals surface area contributed by atoms with Gasteiger partial charge in [0.25, 0.3) is 5.91 Å². The molecule has 0 bridgehead atoms. The highest BCUT2D eigenvalue weighted by Crippen LogP contribution is 2.25. The smallest absolute Gasteiger partial charge is 0.407 e. The number of nitrogens with zero attached hydrogens (tertiary/aromatic N) is 1. The maximum atomic E-state index is 14.5. The highest BCUT2D eigenvalue weighted by Gasteiger charge is 2.44. The van der Waals surface area contributed by atoms with Crippen molar-refractivity contribution in [3.8, 4) is 0 Å². The highest BCUT2D eigenvalue weighted by atomic mass is 16.5. The summed E-state index contributed by atoms with van der Waals surface area (Å²) in [5.74, 6) is -5.09. The Bertz CT molecular complexity index is 1820. The van der Waals surface area contributed by atoms with Crippen LogP contribution in [0.15, 0.2) is 60.7 Å². The van der Waals surface area contributed by atoms with E-state index in [9.17, 15) is 38.4 Å². The quantitative estimate of drug-likeness (QED) is 0.0705. The van der Waals surface area contributed by atoms with E-state index in [0.717, 1.165) is 37.7 Å². The third kappa shape index (κ3) is 15.6. The van der Waals surface area contributed by atoms with Crippen molar-refractivity contribution in [2.24, 2.45) is 17.6 Å². The van der Waals surface area contributed by atoms with E-state index in [1.54, 1.807) is 37.3 Å². The molecule has 1 aliphatic carbocycles. The molecule has 2 fully saturated rings. The third-order valence-corrected chi connectivity index (χ3v) is 10.8. The number of rotatable bonds is 23. The summed E-state index contributed by atoms with van der Waals surface area (Å²) < 4.78 is 11.5. The molecule has 2 aromatic rings. The topological polar surface area (TPSA) is 244 Å². The van der Waals surface area contributed by atoms with E-state index in [2.05, 4.69) is 26.6 Å². The zero-order valence-corrected chi connectivity index (χ0v) is 36.0. The van der Waals surface area contributed by atoms with Crippen LogP contribution < -0.4 is 32.3 Å². The van der Waals surface area contributed by atoms with Crippen LogP contribution in [-0.4, -0.2) is 103 Å². The third-order valence-electron chi connectivity index (χ3n) is 10.8. The molecular weight excluding hydrogens is 799 g/mol. The Balaban J connectivity index is 1.47. The summed E-state index contributed by atoms with van der Waals surface area (Å²) >= 11 is 0. The van der Waals surface area contributed by atoms with E-state index in [1.807, 2.05) is 44.2 Å². The Morgan fingerprint density at radius 1 is 0.806 bits per heavy atom. The van der Waals surface area contributed by atoms with Crippen molar-refractivity contribution < 1.29 is 47.8 Å². The summed E-state index contributed by atoms with van der Waals surface area (Å²) in [5, 5.41) is 13.0. The molecule has 7 N–H and O–H groups in total. The molecule has 17 heteroatoms. The van der Waals surface area contributed by atoms with Crippen LogP contribution in [0.2, 0.25) is 0 Å². The van der Waals surface area contributed by atoms with E-state index >= 15 is 0 Å². The Morgan fingerprint density at radius 3 is 2.13 bits per heavy atom. The fourth-order valence-electron chi connectivity index (χ4n) is 7.52. The summed E-state index contributed by atoms with van der Waals surface area (Å²) in [6.45, 7) is 5.42. The van der Waals surface area contributed by atoms with Crippen LogP contribution in [-0.2, 0) is 49.6 Å². The summed E-state index contributed by atoms with van der Waals surface area (Å²) in [7, 11) is 0. The minimum atomic E-state index is -1.31. The first-order valence-electron chi connectivity index (χ1n) is 21.7. The van der Waals surface area contributed by atoms with Crippen LogP contribution in [0.5, 0.6) is 0 Å². The lowest BCUT2D eigenvalue weighted by molar-refractivity contribution is -0.143. The van der Waals surface area contributed by atoms with Crippen LogP contribution in [0.1, 0.15) is 102 Å². The second-order valence-corrected chi connectivity index (χ2v) is 16.3. The standard InChI is InChI=1S/C45H63N7O10/c1-4-15-34(39(54)43(58)48-25-37(53)51-38(40(46)55)31-18-10-6-11-19-31)49-42(57)36-24-33(61-28-30-16-8-5-9-17-30)26-52(36)44(59)35(50-45(60)62-27-29(2)3)22-14-23-47-41(56)32-20-12-7-13-21-32/h5-6,8-11,16-19,29,32-36,38H,4,7,12-15,20-28H2,1-3H3,(H2,46,55)(H,47,56)(H,48,58)(H,49,57)(H,50,60)(H,51,53)/t33-,34?,35?,36+,38+/m1/s1. The molecular formula is C45H63N7O10. The zero-order valence-electron chi connectivity index (χ0n) is 36.0. The molecule has 2 aromatic carbocycles. The van der Waals surface area contributed by atoms with Crippen molar-refractivity contribution in [1.82, 2.24) is 31.5 Å². The van der Waals surface area contributed by atoms with Crippen molar-refractivity contribution in [3.63, 3.8) is 0 Å². The Labute approximate surface area is 363 Å². The molecule has 4 rings (SSSR count). The van der Waals surface area contributed by atoms with Crippen molar-refractivity contribution >= 4 is 47.3 Å². The average molecular weight is 862 g/mol. The van der Waals surface area contributed by atoms with Gasteiger partial charge >= 0.3 is 6.09 Å². The summed E-state index contributed by atoms with van der Waals surface area (Å²) in [4.78, 5) is 107. The zero-order chi connectivity index (χ0) is 45.0. The molecule has 17 nitrogen and oxygen atoms in total. The largest absolute Gasteiger partial charge is 0.449 e. The summed E-state index contributed by atoms with van der Waals surface area (Å²) in [6.07, 6.45) is 4.35. The Morgan fingerprint density at radius 2 is 1.48 bits per heavy atom. The van der Waals surface area contributed by atoms with Crippen LogP contribution >= 0.6 is 0 Å². The first-order valence-corrected chi connectivity index (χ1v) is 21.7. The van der Waals surface area contributed by atoms with Crippen LogP contribution in [0.3, 0.4) is 0 Å². The maximum absolute atomic E-state index is 14.5. The predicted molar refractivity (Wildman–Crippen MR) is 228 cm³/mol. The predicted octanol–water partition coefficient (Wildman–Crippen LogP) is 2.71. The number of carbonyl (C=O) groups excluding carboxylic acids is 8. The number of nitrogens with one attached hydrogen (secondary N) is 5. The minimum absolute atomic E-state index is 0.0152. The molecule has 1 aliphatic heterocycles. The maximum Gasteiger partial charge on any atom is 0.407 e. The normalized spacial score (nSPS) is 17.8. The average Bonchev–Trinajstić information content (AvgIpc) is 3.71. The molecule has 0 spiro atoms. The number of Topliss-reactive ketones (excluding diaryl/α,β-unsaturated/α-hetero) is 1. The molecule has 1 saturated carbocycles. The lowest BCUT2D eigenvalue weighted by atomic mass is 9.88.